The van der Waals surface area contributed by atoms with E-state index in [9.17, 15) is 14.7 Å². The average Bonchev–Trinajstić information content (AvgIpc) is 2.74. The SMILES string of the molecule is CCOc1ccc2nc3cc([N+](=O)[O-])ccc3c(NCCCCCCOP(=O)(O)O)c2c1. The van der Waals surface area contributed by atoms with Gasteiger partial charge in [-0.05, 0) is 44.0 Å². The van der Waals surface area contributed by atoms with Gasteiger partial charge in [0.1, 0.15) is 5.75 Å². The molecule has 0 spiro atoms. The number of nitro benzene ring substituents is 1. The van der Waals surface area contributed by atoms with Gasteiger partial charge < -0.3 is 19.8 Å². The summed E-state index contributed by atoms with van der Waals surface area (Å²) in [7, 11) is -4.40. The number of phosphoric ester groups is 1. The number of nitrogens with zero attached hydrogens (tertiary/aromatic N) is 2. The normalized spacial score (nSPS) is 11.7. The number of aromatic nitrogens is 1. The molecule has 2 aromatic carbocycles. The number of benzene rings is 2. The molecule has 0 radical (unpaired) electrons. The van der Waals surface area contributed by atoms with Gasteiger partial charge in [-0.25, -0.2) is 9.55 Å². The molecule has 0 aliphatic heterocycles. The van der Waals surface area contributed by atoms with Crippen LogP contribution >= 0.6 is 7.82 Å². The van der Waals surface area contributed by atoms with Gasteiger partial charge in [0.15, 0.2) is 0 Å². The van der Waals surface area contributed by atoms with Crippen molar-refractivity contribution in [3.05, 3.63) is 46.5 Å². The molecule has 32 heavy (non-hydrogen) atoms. The first-order chi connectivity index (χ1) is 15.3. The Kier molecular flexibility index (Phi) is 7.98. The third-order valence-electron chi connectivity index (χ3n) is 4.88. The van der Waals surface area contributed by atoms with Crippen molar-refractivity contribution in [3.63, 3.8) is 0 Å². The fraction of sp³-hybridized carbons (Fsp3) is 0.381. The van der Waals surface area contributed by atoms with E-state index in [2.05, 4.69) is 14.8 Å². The zero-order chi connectivity index (χ0) is 23.1. The van der Waals surface area contributed by atoms with Gasteiger partial charge in [0.25, 0.3) is 5.69 Å². The molecule has 0 aliphatic rings. The number of rotatable bonds is 12. The zero-order valence-corrected chi connectivity index (χ0v) is 18.6. The standard InChI is InChI=1S/C21H26N3O7P/c1-2-30-16-8-10-19-18(14-16)21(17-9-7-15(24(25)26)13-20(17)23-19)22-11-5-3-4-6-12-31-32(27,28)29/h7-10,13-14H,2-6,11-12H2,1H3,(H,22,23)(H2,27,28,29). The third-order valence-corrected chi connectivity index (χ3v) is 5.40. The predicted octanol–water partition coefficient (Wildman–Crippen LogP) is 4.78. The Bertz CT molecular complexity index is 1150. The van der Waals surface area contributed by atoms with E-state index in [1.54, 1.807) is 6.07 Å². The highest BCUT2D eigenvalue weighted by Crippen LogP contribution is 2.36. The number of hydrogen-bond acceptors (Lipinski definition) is 7. The molecule has 0 aliphatic carbocycles. The monoisotopic (exact) mass is 463 g/mol. The van der Waals surface area contributed by atoms with Crippen molar-refractivity contribution < 1.29 is 28.5 Å². The summed E-state index contributed by atoms with van der Waals surface area (Å²) in [6.07, 6.45) is 3.03. The smallest absolute Gasteiger partial charge is 0.469 e. The number of anilines is 1. The number of hydrogen-bond donors (Lipinski definition) is 3. The molecule has 3 rings (SSSR count). The number of non-ortho nitro benzene ring substituents is 1. The molecule has 0 bridgehead atoms. The van der Waals surface area contributed by atoms with Crippen LogP contribution in [0, 0.1) is 10.1 Å². The van der Waals surface area contributed by atoms with E-state index in [4.69, 9.17) is 14.5 Å². The summed E-state index contributed by atoms with van der Waals surface area (Å²) in [5, 5.41) is 16.3. The van der Waals surface area contributed by atoms with Gasteiger partial charge in [-0.3, -0.25) is 14.6 Å². The molecule has 1 aromatic heterocycles. The van der Waals surface area contributed by atoms with Crippen LogP contribution in [0.2, 0.25) is 0 Å². The molecule has 3 N–H and O–H groups in total. The predicted molar refractivity (Wildman–Crippen MR) is 122 cm³/mol. The topological polar surface area (TPSA) is 144 Å². The van der Waals surface area contributed by atoms with Crippen LogP contribution < -0.4 is 10.1 Å². The first kappa shape index (κ1) is 23.9. The number of phosphoric acid groups is 1. The number of nitrogens with one attached hydrogen (secondary N) is 1. The summed E-state index contributed by atoms with van der Waals surface area (Å²) >= 11 is 0. The Balaban J connectivity index is 1.76. The molecule has 3 aromatic rings. The summed E-state index contributed by atoms with van der Waals surface area (Å²) in [4.78, 5) is 32.7. The highest BCUT2D eigenvalue weighted by atomic mass is 31.2. The lowest BCUT2D eigenvalue weighted by Gasteiger charge is -2.14. The maximum atomic E-state index is 11.2. The molecule has 1 heterocycles. The third kappa shape index (κ3) is 6.37. The Labute approximate surface area is 185 Å². The van der Waals surface area contributed by atoms with E-state index in [-0.39, 0.29) is 12.3 Å². The van der Waals surface area contributed by atoms with Crippen LogP contribution in [0.3, 0.4) is 0 Å². The largest absolute Gasteiger partial charge is 0.494 e. The van der Waals surface area contributed by atoms with Crippen molar-refractivity contribution in [1.29, 1.82) is 0 Å². The van der Waals surface area contributed by atoms with Gasteiger partial charge in [0.2, 0.25) is 0 Å². The second kappa shape index (κ2) is 10.7. The maximum absolute atomic E-state index is 11.2. The quantitative estimate of drug-likeness (QED) is 0.114. The number of ether oxygens (including phenoxy) is 1. The van der Waals surface area contributed by atoms with E-state index in [0.29, 0.717) is 30.6 Å². The lowest BCUT2D eigenvalue weighted by atomic mass is 10.1. The van der Waals surface area contributed by atoms with E-state index >= 15 is 0 Å². The summed E-state index contributed by atoms with van der Waals surface area (Å²) in [5.41, 5.74) is 2.07. The van der Waals surface area contributed by atoms with Crippen LogP contribution in [-0.2, 0) is 9.09 Å². The summed E-state index contributed by atoms with van der Waals surface area (Å²) in [6, 6.07) is 10.2. The fourth-order valence-corrected chi connectivity index (χ4v) is 3.82. The maximum Gasteiger partial charge on any atom is 0.469 e. The van der Waals surface area contributed by atoms with Crippen molar-refractivity contribution in [1.82, 2.24) is 4.98 Å². The minimum Gasteiger partial charge on any atom is -0.494 e. The highest BCUT2D eigenvalue weighted by molar-refractivity contribution is 7.46. The molecule has 0 saturated carbocycles. The number of nitro groups is 1. The van der Waals surface area contributed by atoms with Crippen LogP contribution in [-0.4, -0.2) is 39.5 Å². The molecular weight excluding hydrogens is 437 g/mol. The van der Waals surface area contributed by atoms with Gasteiger partial charge in [-0.2, -0.15) is 0 Å². The second-order valence-electron chi connectivity index (χ2n) is 7.22. The zero-order valence-electron chi connectivity index (χ0n) is 17.7. The van der Waals surface area contributed by atoms with Crippen LogP contribution in [0.1, 0.15) is 32.6 Å². The molecule has 172 valence electrons. The fourth-order valence-electron chi connectivity index (χ4n) is 3.45. The van der Waals surface area contributed by atoms with Gasteiger partial charge in [0, 0.05) is 29.4 Å². The van der Waals surface area contributed by atoms with Crippen molar-refractivity contribution in [3.8, 4) is 5.75 Å². The minimum absolute atomic E-state index is 0.0150. The van der Waals surface area contributed by atoms with E-state index < -0.39 is 12.7 Å². The molecule has 0 saturated heterocycles. The highest BCUT2D eigenvalue weighted by Gasteiger charge is 2.14. The van der Waals surface area contributed by atoms with Crippen molar-refractivity contribution in [2.45, 2.75) is 32.6 Å². The molecule has 0 atom stereocenters. The number of fused-ring (bicyclic) bond motifs is 2. The van der Waals surface area contributed by atoms with Crippen LogP contribution in [0.25, 0.3) is 21.8 Å². The minimum atomic E-state index is -4.40. The first-order valence-electron chi connectivity index (χ1n) is 10.4. The first-order valence-corrected chi connectivity index (χ1v) is 11.9. The lowest BCUT2D eigenvalue weighted by molar-refractivity contribution is -0.384. The number of unbranched alkanes of at least 4 members (excludes halogenated alkanes) is 3. The number of pyridine rings is 1. The van der Waals surface area contributed by atoms with E-state index in [0.717, 1.165) is 41.5 Å². The van der Waals surface area contributed by atoms with Gasteiger partial charge in [0.05, 0.1) is 34.9 Å². The summed E-state index contributed by atoms with van der Waals surface area (Å²) in [5.74, 6) is 0.719. The van der Waals surface area contributed by atoms with Crippen molar-refractivity contribution >= 4 is 41.0 Å². The Hall–Kier alpha value is -2.78. The van der Waals surface area contributed by atoms with Gasteiger partial charge in [-0.1, -0.05) is 12.8 Å². The van der Waals surface area contributed by atoms with Crippen LogP contribution in [0.4, 0.5) is 11.4 Å². The summed E-state index contributed by atoms with van der Waals surface area (Å²) < 4.78 is 20.7. The van der Waals surface area contributed by atoms with Gasteiger partial charge >= 0.3 is 7.82 Å². The molecule has 0 fully saturated rings. The van der Waals surface area contributed by atoms with Crippen molar-refractivity contribution in [2.75, 3.05) is 25.1 Å². The van der Waals surface area contributed by atoms with Crippen molar-refractivity contribution in [2.24, 2.45) is 0 Å². The molecular formula is C21H26N3O7P. The van der Waals surface area contributed by atoms with Gasteiger partial charge in [-0.15, -0.1) is 0 Å². The van der Waals surface area contributed by atoms with Crippen LogP contribution in [0.5, 0.6) is 5.75 Å². The Morgan fingerprint density at radius 2 is 1.84 bits per heavy atom. The molecule has 10 nitrogen and oxygen atoms in total. The van der Waals surface area contributed by atoms with E-state index in [1.807, 2.05) is 25.1 Å². The second-order valence-corrected chi connectivity index (χ2v) is 8.46. The Morgan fingerprint density at radius 1 is 1.06 bits per heavy atom. The Morgan fingerprint density at radius 3 is 2.56 bits per heavy atom. The molecule has 0 amide bonds. The average molecular weight is 463 g/mol. The molecule has 0 unspecified atom stereocenters. The lowest BCUT2D eigenvalue weighted by Crippen LogP contribution is -2.04. The van der Waals surface area contributed by atoms with E-state index in [1.165, 1.54) is 12.1 Å². The van der Waals surface area contributed by atoms with Crippen LogP contribution in [0.15, 0.2) is 36.4 Å². The summed E-state index contributed by atoms with van der Waals surface area (Å²) in [6.45, 7) is 3.12. The molecule has 11 heteroatoms.